The molecule has 0 spiro atoms. The fraction of sp³-hybridized carbons (Fsp3) is 0.600. The molecular formula is C20H33N3O3. The molecule has 1 aromatic rings. The number of anilines is 1. The minimum atomic E-state index is -0.510. The number of nitrogens with zero attached hydrogens (tertiary/aromatic N) is 1. The lowest BCUT2D eigenvalue weighted by Crippen LogP contribution is -2.36. The second-order valence-electron chi connectivity index (χ2n) is 7.25. The van der Waals surface area contributed by atoms with Gasteiger partial charge in [-0.05, 0) is 52.7 Å². The highest BCUT2D eigenvalue weighted by Gasteiger charge is 2.15. The number of amides is 2. The van der Waals surface area contributed by atoms with Gasteiger partial charge in [0.05, 0.1) is 0 Å². The molecule has 0 saturated carbocycles. The minimum absolute atomic E-state index is 0.00294. The van der Waals surface area contributed by atoms with Gasteiger partial charge in [-0.15, -0.1) is 0 Å². The van der Waals surface area contributed by atoms with Crippen molar-refractivity contribution in [3.8, 4) is 0 Å². The zero-order valence-electron chi connectivity index (χ0n) is 16.7. The summed E-state index contributed by atoms with van der Waals surface area (Å²) in [6, 6.07) is 8.25. The molecule has 26 heavy (non-hydrogen) atoms. The smallest absolute Gasteiger partial charge is 0.407 e. The largest absolute Gasteiger partial charge is 0.444 e. The van der Waals surface area contributed by atoms with Crippen LogP contribution in [0.5, 0.6) is 0 Å². The van der Waals surface area contributed by atoms with Crippen LogP contribution in [-0.2, 0) is 9.53 Å². The van der Waals surface area contributed by atoms with E-state index in [2.05, 4.69) is 41.5 Å². The van der Waals surface area contributed by atoms with Gasteiger partial charge in [0.2, 0.25) is 5.91 Å². The number of carbonyl (C=O) groups excluding carboxylic acids is 2. The van der Waals surface area contributed by atoms with E-state index in [0.717, 1.165) is 13.1 Å². The van der Waals surface area contributed by atoms with E-state index >= 15 is 0 Å². The highest BCUT2D eigenvalue weighted by Crippen LogP contribution is 2.18. The van der Waals surface area contributed by atoms with Gasteiger partial charge in [0.15, 0.2) is 0 Å². The molecule has 1 rings (SSSR count). The number of aryl methyl sites for hydroxylation is 1. The highest BCUT2D eigenvalue weighted by atomic mass is 16.6. The summed E-state index contributed by atoms with van der Waals surface area (Å²) in [6.07, 6.45) is 0.516. The summed E-state index contributed by atoms with van der Waals surface area (Å²) < 4.78 is 5.14. The van der Waals surface area contributed by atoms with E-state index in [9.17, 15) is 9.59 Å². The molecule has 146 valence electrons. The molecule has 0 heterocycles. The molecule has 0 unspecified atom stereocenters. The fourth-order valence-electron chi connectivity index (χ4n) is 2.54. The van der Waals surface area contributed by atoms with Crippen molar-refractivity contribution in [3.63, 3.8) is 0 Å². The summed E-state index contributed by atoms with van der Waals surface area (Å²) in [5.74, 6) is -0.00294. The van der Waals surface area contributed by atoms with Crippen molar-refractivity contribution >= 4 is 17.7 Å². The molecule has 0 aliphatic heterocycles. The van der Waals surface area contributed by atoms with Crippen LogP contribution in [0.1, 0.15) is 46.1 Å². The quantitative estimate of drug-likeness (QED) is 0.661. The summed E-state index contributed by atoms with van der Waals surface area (Å²) in [4.78, 5) is 25.7. The lowest BCUT2D eigenvalue weighted by molar-refractivity contribution is -0.121. The number of rotatable bonds is 9. The van der Waals surface area contributed by atoms with Gasteiger partial charge in [-0.3, -0.25) is 4.79 Å². The number of para-hydroxylation sites is 1. The Morgan fingerprint density at radius 3 is 2.42 bits per heavy atom. The maximum atomic E-state index is 11.9. The summed E-state index contributed by atoms with van der Waals surface area (Å²) in [5, 5.41) is 5.59. The molecule has 0 bridgehead atoms. The van der Waals surface area contributed by atoms with Crippen molar-refractivity contribution in [3.05, 3.63) is 29.8 Å². The third kappa shape index (κ3) is 8.74. The molecule has 6 nitrogen and oxygen atoms in total. The van der Waals surface area contributed by atoms with E-state index in [1.807, 2.05) is 32.9 Å². The standard InChI is InChI=1S/C20H33N3O3/c1-6-23(17-11-8-7-10-16(17)2)15-14-21-18(24)12-9-13-22-19(25)26-20(3,4)5/h7-8,10-11H,6,9,12-15H2,1-5H3,(H,21,24)(H,22,25). The van der Waals surface area contributed by atoms with E-state index in [1.54, 1.807) is 0 Å². The molecule has 0 atom stereocenters. The van der Waals surface area contributed by atoms with Crippen molar-refractivity contribution < 1.29 is 14.3 Å². The Morgan fingerprint density at radius 2 is 1.81 bits per heavy atom. The Bertz CT molecular complexity index is 582. The summed E-state index contributed by atoms with van der Waals surface area (Å²) in [5.41, 5.74) is 1.92. The molecule has 0 aliphatic carbocycles. The van der Waals surface area contributed by atoms with Gasteiger partial charge in [0, 0.05) is 38.3 Å². The zero-order valence-corrected chi connectivity index (χ0v) is 16.7. The monoisotopic (exact) mass is 363 g/mol. The zero-order chi connectivity index (χ0) is 19.6. The predicted octanol–water partition coefficient (Wildman–Crippen LogP) is 3.24. The lowest BCUT2D eigenvalue weighted by atomic mass is 10.2. The number of hydrogen-bond donors (Lipinski definition) is 2. The molecule has 2 amide bonds. The van der Waals surface area contributed by atoms with Crippen LogP contribution in [-0.4, -0.2) is 43.8 Å². The molecule has 0 aromatic heterocycles. The van der Waals surface area contributed by atoms with Crippen LogP contribution in [0.3, 0.4) is 0 Å². The van der Waals surface area contributed by atoms with Crippen LogP contribution in [0.2, 0.25) is 0 Å². The van der Waals surface area contributed by atoms with Gasteiger partial charge in [-0.2, -0.15) is 0 Å². The summed E-state index contributed by atoms with van der Waals surface area (Å²) in [7, 11) is 0. The molecule has 0 saturated heterocycles. The van der Waals surface area contributed by atoms with Crippen molar-refractivity contribution in [2.75, 3.05) is 31.1 Å². The Labute approximate surface area is 157 Å². The van der Waals surface area contributed by atoms with Gasteiger partial charge in [-0.1, -0.05) is 18.2 Å². The fourth-order valence-corrected chi connectivity index (χ4v) is 2.54. The molecule has 0 radical (unpaired) electrons. The van der Waals surface area contributed by atoms with E-state index in [1.165, 1.54) is 11.3 Å². The van der Waals surface area contributed by atoms with Crippen LogP contribution >= 0.6 is 0 Å². The second kappa shape index (κ2) is 10.7. The number of alkyl carbamates (subject to hydrolysis) is 1. The highest BCUT2D eigenvalue weighted by molar-refractivity contribution is 5.76. The minimum Gasteiger partial charge on any atom is -0.444 e. The van der Waals surface area contributed by atoms with E-state index < -0.39 is 11.7 Å². The molecule has 0 aliphatic rings. The first kappa shape index (κ1) is 21.8. The van der Waals surface area contributed by atoms with Crippen molar-refractivity contribution in [2.45, 2.75) is 53.1 Å². The first-order chi connectivity index (χ1) is 12.2. The topological polar surface area (TPSA) is 70.7 Å². The molecule has 0 fully saturated rings. The normalized spacial score (nSPS) is 11.0. The molecule has 6 heteroatoms. The van der Waals surface area contributed by atoms with Gasteiger partial charge >= 0.3 is 6.09 Å². The Kier molecular flexibility index (Phi) is 8.96. The van der Waals surface area contributed by atoms with Crippen LogP contribution in [0.15, 0.2) is 24.3 Å². The Morgan fingerprint density at radius 1 is 1.12 bits per heavy atom. The number of benzene rings is 1. The Balaban J connectivity index is 2.22. The van der Waals surface area contributed by atoms with E-state index in [-0.39, 0.29) is 5.91 Å². The molecule has 2 N–H and O–H groups in total. The van der Waals surface area contributed by atoms with Crippen molar-refractivity contribution in [1.82, 2.24) is 10.6 Å². The van der Waals surface area contributed by atoms with Crippen molar-refractivity contribution in [1.29, 1.82) is 0 Å². The van der Waals surface area contributed by atoms with Gasteiger partial charge in [-0.25, -0.2) is 4.79 Å². The van der Waals surface area contributed by atoms with Gasteiger partial charge < -0.3 is 20.3 Å². The van der Waals surface area contributed by atoms with Gasteiger partial charge in [0.1, 0.15) is 5.60 Å². The van der Waals surface area contributed by atoms with Gasteiger partial charge in [0.25, 0.3) is 0 Å². The second-order valence-corrected chi connectivity index (χ2v) is 7.25. The van der Waals surface area contributed by atoms with Crippen molar-refractivity contribution in [2.24, 2.45) is 0 Å². The maximum absolute atomic E-state index is 11.9. The Hall–Kier alpha value is -2.24. The molecular weight excluding hydrogens is 330 g/mol. The summed E-state index contributed by atoms with van der Waals surface area (Å²) in [6.45, 7) is 12.3. The van der Waals surface area contributed by atoms with Crippen LogP contribution in [0.25, 0.3) is 0 Å². The number of likely N-dealkylation sites (N-methyl/N-ethyl adjacent to an activating group) is 1. The first-order valence-electron chi connectivity index (χ1n) is 9.27. The third-order valence-electron chi connectivity index (χ3n) is 3.79. The maximum Gasteiger partial charge on any atom is 0.407 e. The number of ether oxygens (including phenoxy) is 1. The average molecular weight is 364 g/mol. The van der Waals surface area contributed by atoms with E-state index in [0.29, 0.717) is 25.9 Å². The number of carbonyl (C=O) groups is 2. The average Bonchev–Trinajstić information content (AvgIpc) is 2.55. The van der Waals surface area contributed by atoms with Crippen LogP contribution < -0.4 is 15.5 Å². The summed E-state index contributed by atoms with van der Waals surface area (Å²) >= 11 is 0. The third-order valence-corrected chi connectivity index (χ3v) is 3.79. The number of hydrogen-bond acceptors (Lipinski definition) is 4. The lowest BCUT2D eigenvalue weighted by Gasteiger charge is -2.25. The first-order valence-corrected chi connectivity index (χ1v) is 9.27. The predicted molar refractivity (Wildman–Crippen MR) is 106 cm³/mol. The SMILES string of the molecule is CCN(CCNC(=O)CCCNC(=O)OC(C)(C)C)c1ccccc1C. The molecule has 1 aromatic carbocycles. The number of nitrogens with one attached hydrogen (secondary N) is 2. The van der Waals surface area contributed by atoms with Crippen LogP contribution in [0, 0.1) is 6.92 Å². The van der Waals surface area contributed by atoms with E-state index in [4.69, 9.17) is 4.74 Å². The van der Waals surface area contributed by atoms with Crippen LogP contribution in [0.4, 0.5) is 10.5 Å².